The van der Waals surface area contributed by atoms with E-state index < -0.39 is 0 Å². The van der Waals surface area contributed by atoms with Gasteiger partial charge in [-0.15, -0.1) is 0 Å². The van der Waals surface area contributed by atoms with Gasteiger partial charge >= 0.3 is 0 Å². The molecule has 0 radical (unpaired) electrons. The molecule has 0 aliphatic heterocycles. The summed E-state index contributed by atoms with van der Waals surface area (Å²) >= 11 is 0. The van der Waals surface area contributed by atoms with Crippen molar-refractivity contribution in [2.75, 3.05) is 20.8 Å². The first-order valence-corrected chi connectivity index (χ1v) is 8.26. The lowest BCUT2D eigenvalue weighted by atomic mass is 10.1. The normalized spacial score (nSPS) is 10.4. The van der Waals surface area contributed by atoms with Crippen LogP contribution < -0.4 is 19.5 Å². The zero-order valence-corrected chi connectivity index (χ0v) is 15.2. The summed E-state index contributed by atoms with van der Waals surface area (Å²) in [4.78, 5) is 12.4. The Balaban J connectivity index is 2.06. The van der Waals surface area contributed by atoms with Crippen LogP contribution in [0.3, 0.4) is 0 Å². The molecule has 25 heavy (non-hydrogen) atoms. The van der Waals surface area contributed by atoms with Crippen molar-refractivity contribution in [2.24, 2.45) is 5.92 Å². The molecule has 5 heteroatoms. The van der Waals surface area contributed by atoms with Crippen LogP contribution >= 0.6 is 0 Å². The van der Waals surface area contributed by atoms with Gasteiger partial charge in [0.1, 0.15) is 5.75 Å². The van der Waals surface area contributed by atoms with Crippen LogP contribution in [0.15, 0.2) is 42.5 Å². The molecule has 2 aromatic carbocycles. The van der Waals surface area contributed by atoms with E-state index in [0.29, 0.717) is 36.1 Å². The van der Waals surface area contributed by atoms with E-state index in [1.165, 1.54) is 0 Å². The molecule has 0 aromatic heterocycles. The lowest BCUT2D eigenvalue weighted by molar-refractivity contribution is 0.0950. The molecule has 0 aliphatic rings. The van der Waals surface area contributed by atoms with Crippen LogP contribution in [0.4, 0.5) is 0 Å². The molecule has 2 rings (SSSR count). The van der Waals surface area contributed by atoms with Gasteiger partial charge in [0.05, 0.1) is 20.8 Å². The van der Waals surface area contributed by atoms with Crippen LogP contribution in [0.1, 0.15) is 29.8 Å². The van der Waals surface area contributed by atoms with Crippen molar-refractivity contribution in [1.29, 1.82) is 0 Å². The predicted molar refractivity (Wildman–Crippen MR) is 97.5 cm³/mol. The molecule has 0 bridgehead atoms. The highest BCUT2D eigenvalue weighted by atomic mass is 16.5. The average molecular weight is 343 g/mol. The third-order valence-corrected chi connectivity index (χ3v) is 3.63. The van der Waals surface area contributed by atoms with E-state index in [2.05, 4.69) is 19.2 Å². The maximum absolute atomic E-state index is 12.4. The monoisotopic (exact) mass is 343 g/mol. The Morgan fingerprint density at radius 3 is 2.40 bits per heavy atom. The first-order chi connectivity index (χ1) is 12.0. The summed E-state index contributed by atoms with van der Waals surface area (Å²) in [5.74, 6) is 2.16. The van der Waals surface area contributed by atoms with Gasteiger partial charge in [-0.3, -0.25) is 4.79 Å². The number of hydrogen-bond donors (Lipinski definition) is 1. The second-order valence-electron chi connectivity index (χ2n) is 6.07. The van der Waals surface area contributed by atoms with Gasteiger partial charge in [0.15, 0.2) is 11.5 Å². The molecule has 0 unspecified atom stereocenters. The zero-order valence-electron chi connectivity index (χ0n) is 15.2. The lowest BCUT2D eigenvalue weighted by Crippen LogP contribution is -2.23. The average Bonchev–Trinajstić information content (AvgIpc) is 2.64. The Morgan fingerprint density at radius 2 is 1.72 bits per heavy atom. The summed E-state index contributed by atoms with van der Waals surface area (Å²) in [5.41, 5.74) is 1.44. The van der Waals surface area contributed by atoms with Gasteiger partial charge in [0.2, 0.25) is 0 Å². The lowest BCUT2D eigenvalue weighted by Gasteiger charge is -2.14. The fraction of sp³-hybridized carbons (Fsp3) is 0.350. The Kier molecular flexibility index (Phi) is 6.69. The maximum Gasteiger partial charge on any atom is 0.251 e. The highest BCUT2D eigenvalue weighted by Gasteiger charge is 2.12. The Bertz CT molecular complexity index is 713. The molecule has 0 saturated heterocycles. The van der Waals surface area contributed by atoms with Crippen molar-refractivity contribution in [3.05, 3.63) is 53.6 Å². The molecule has 2 aromatic rings. The molecule has 0 atom stereocenters. The molecule has 1 amide bonds. The van der Waals surface area contributed by atoms with Crippen LogP contribution in [-0.4, -0.2) is 26.7 Å². The molecule has 1 N–H and O–H groups in total. The molecule has 0 saturated carbocycles. The number of methoxy groups -OCH3 is 2. The van der Waals surface area contributed by atoms with Crippen LogP contribution in [0.5, 0.6) is 17.2 Å². The maximum atomic E-state index is 12.4. The number of hydrogen-bond acceptors (Lipinski definition) is 4. The minimum atomic E-state index is -0.181. The van der Waals surface area contributed by atoms with Crippen molar-refractivity contribution in [1.82, 2.24) is 5.32 Å². The predicted octanol–water partition coefficient (Wildman–Crippen LogP) is 3.67. The number of amides is 1. The summed E-state index contributed by atoms with van der Waals surface area (Å²) < 4.78 is 16.3. The van der Waals surface area contributed by atoms with Gasteiger partial charge in [-0.05, 0) is 30.2 Å². The number of para-hydroxylation sites is 1. The van der Waals surface area contributed by atoms with E-state index in [4.69, 9.17) is 14.2 Å². The molecule has 5 nitrogen and oxygen atoms in total. The van der Waals surface area contributed by atoms with Gasteiger partial charge in [0, 0.05) is 17.7 Å². The van der Waals surface area contributed by atoms with Crippen molar-refractivity contribution in [2.45, 2.75) is 20.4 Å². The number of nitrogens with one attached hydrogen (secondary N) is 1. The van der Waals surface area contributed by atoms with E-state index in [0.717, 1.165) is 11.3 Å². The highest BCUT2D eigenvalue weighted by Crippen LogP contribution is 2.28. The summed E-state index contributed by atoms with van der Waals surface area (Å²) in [6, 6.07) is 12.8. The molecule has 134 valence electrons. The van der Waals surface area contributed by atoms with Crippen LogP contribution in [-0.2, 0) is 6.54 Å². The van der Waals surface area contributed by atoms with E-state index in [-0.39, 0.29) is 5.91 Å². The number of ether oxygens (including phenoxy) is 3. The molecule has 0 heterocycles. The van der Waals surface area contributed by atoms with Gasteiger partial charge < -0.3 is 19.5 Å². The zero-order chi connectivity index (χ0) is 18.2. The van der Waals surface area contributed by atoms with Crippen molar-refractivity contribution >= 4 is 5.91 Å². The smallest absolute Gasteiger partial charge is 0.251 e. The number of carbonyl (C=O) groups is 1. The van der Waals surface area contributed by atoms with Crippen LogP contribution in [0, 0.1) is 5.92 Å². The van der Waals surface area contributed by atoms with Crippen molar-refractivity contribution in [3.63, 3.8) is 0 Å². The number of benzene rings is 2. The van der Waals surface area contributed by atoms with E-state index in [9.17, 15) is 4.79 Å². The van der Waals surface area contributed by atoms with E-state index >= 15 is 0 Å². The van der Waals surface area contributed by atoms with Gasteiger partial charge in [0.25, 0.3) is 5.91 Å². The van der Waals surface area contributed by atoms with Gasteiger partial charge in [-0.2, -0.15) is 0 Å². The number of rotatable bonds is 8. The fourth-order valence-corrected chi connectivity index (χ4v) is 2.31. The molecular formula is C20H25NO4. The quantitative estimate of drug-likeness (QED) is 0.794. The highest BCUT2D eigenvalue weighted by molar-refractivity contribution is 5.94. The van der Waals surface area contributed by atoms with E-state index in [1.807, 2.05) is 24.3 Å². The standard InChI is InChI=1S/C20H25NO4/c1-14(2)13-25-18-10-9-15(11-19(18)24-4)20(22)21-12-16-7-5-6-8-17(16)23-3/h5-11,14H,12-13H2,1-4H3,(H,21,22). The molecule has 0 spiro atoms. The minimum Gasteiger partial charge on any atom is -0.496 e. The van der Waals surface area contributed by atoms with Crippen LogP contribution in [0.2, 0.25) is 0 Å². The first kappa shape index (κ1) is 18.6. The topological polar surface area (TPSA) is 56.8 Å². The van der Waals surface area contributed by atoms with Crippen molar-refractivity contribution < 1.29 is 19.0 Å². The molecular weight excluding hydrogens is 318 g/mol. The summed E-state index contributed by atoms with van der Waals surface area (Å²) in [6.07, 6.45) is 0. The fourth-order valence-electron chi connectivity index (χ4n) is 2.31. The third kappa shape index (κ3) is 5.14. The largest absolute Gasteiger partial charge is 0.496 e. The Hall–Kier alpha value is -2.69. The third-order valence-electron chi connectivity index (χ3n) is 3.63. The second-order valence-corrected chi connectivity index (χ2v) is 6.07. The molecule has 0 fully saturated rings. The second kappa shape index (κ2) is 8.97. The van der Waals surface area contributed by atoms with Gasteiger partial charge in [-0.25, -0.2) is 0 Å². The number of carbonyl (C=O) groups excluding carboxylic acids is 1. The summed E-state index contributed by atoms with van der Waals surface area (Å²) in [5, 5.41) is 2.90. The minimum absolute atomic E-state index is 0.181. The van der Waals surface area contributed by atoms with E-state index in [1.54, 1.807) is 32.4 Å². The molecule has 0 aliphatic carbocycles. The SMILES string of the molecule is COc1ccccc1CNC(=O)c1ccc(OCC(C)C)c(OC)c1. The first-order valence-electron chi connectivity index (χ1n) is 8.26. The van der Waals surface area contributed by atoms with Crippen molar-refractivity contribution in [3.8, 4) is 17.2 Å². The van der Waals surface area contributed by atoms with Gasteiger partial charge in [-0.1, -0.05) is 32.0 Å². The Morgan fingerprint density at radius 1 is 1.00 bits per heavy atom. The Labute approximate surface area is 148 Å². The summed E-state index contributed by atoms with van der Waals surface area (Å²) in [6.45, 7) is 5.13. The summed E-state index contributed by atoms with van der Waals surface area (Å²) in [7, 11) is 3.18. The van der Waals surface area contributed by atoms with Crippen LogP contribution in [0.25, 0.3) is 0 Å².